The van der Waals surface area contributed by atoms with Gasteiger partial charge in [0.1, 0.15) is 0 Å². The molecular formula is C16H21ClF3N3O2. The zero-order valence-electron chi connectivity index (χ0n) is 14.0. The van der Waals surface area contributed by atoms with Gasteiger partial charge in [0, 0.05) is 12.2 Å². The fraction of sp³-hybridized carbons (Fsp3) is 0.500. The Morgan fingerprint density at radius 1 is 1.16 bits per heavy atom. The smallest absolute Gasteiger partial charge is 0.348 e. The monoisotopic (exact) mass is 379 g/mol. The number of rotatable bonds is 7. The lowest BCUT2D eigenvalue weighted by Crippen LogP contribution is -2.37. The molecule has 0 fully saturated rings. The first-order valence-electron chi connectivity index (χ1n) is 7.87. The minimum Gasteiger partial charge on any atom is -0.348 e. The third-order valence-corrected chi connectivity index (χ3v) is 3.90. The number of alkyl halides is 3. The van der Waals surface area contributed by atoms with Crippen LogP contribution in [0.1, 0.15) is 25.8 Å². The van der Waals surface area contributed by atoms with E-state index in [0.717, 1.165) is 25.7 Å². The fourth-order valence-corrected chi connectivity index (χ4v) is 2.36. The molecule has 0 unspecified atom stereocenters. The van der Waals surface area contributed by atoms with Crippen molar-refractivity contribution in [3.8, 4) is 0 Å². The van der Waals surface area contributed by atoms with Crippen LogP contribution >= 0.6 is 11.6 Å². The number of hydrogen-bond donors (Lipinski definition) is 2. The normalized spacial score (nSPS) is 11.5. The molecule has 0 saturated carbocycles. The standard InChI is InChI=1S/C16H21ClF3N3O2/c1-3-23(4-2)9-5-8-21-14(24)15(25)22-11-6-7-13(17)12(10-11)16(18,19)20/h6-7,10H,3-5,8-9H2,1-2H3,(H,21,24)(H,22,25). The molecule has 1 rings (SSSR count). The number of nitrogens with one attached hydrogen (secondary N) is 2. The van der Waals surface area contributed by atoms with Gasteiger partial charge < -0.3 is 15.5 Å². The predicted octanol–water partition coefficient (Wildman–Crippen LogP) is 3.15. The molecule has 1 aromatic rings. The van der Waals surface area contributed by atoms with E-state index in [1.54, 1.807) is 0 Å². The van der Waals surface area contributed by atoms with Gasteiger partial charge in [0.05, 0.1) is 10.6 Å². The Hall–Kier alpha value is -1.80. The Bertz CT molecular complexity index is 605. The molecule has 2 N–H and O–H groups in total. The van der Waals surface area contributed by atoms with Crippen LogP contribution < -0.4 is 10.6 Å². The van der Waals surface area contributed by atoms with Gasteiger partial charge in [-0.15, -0.1) is 0 Å². The van der Waals surface area contributed by atoms with Crippen LogP contribution in [0.5, 0.6) is 0 Å². The van der Waals surface area contributed by atoms with E-state index < -0.39 is 28.6 Å². The number of anilines is 1. The maximum absolute atomic E-state index is 12.8. The van der Waals surface area contributed by atoms with Gasteiger partial charge in [-0.1, -0.05) is 25.4 Å². The van der Waals surface area contributed by atoms with Crippen molar-refractivity contribution in [1.29, 1.82) is 0 Å². The first-order valence-corrected chi connectivity index (χ1v) is 8.25. The Kier molecular flexibility index (Phi) is 8.18. The van der Waals surface area contributed by atoms with Gasteiger partial charge in [0.2, 0.25) is 0 Å². The summed E-state index contributed by atoms with van der Waals surface area (Å²) >= 11 is 5.50. The molecular weight excluding hydrogens is 359 g/mol. The van der Waals surface area contributed by atoms with Crippen LogP contribution in [0.2, 0.25) is 5.02 Å². The second kappa shape index (κ2) is 9.62. The lowest BCUT2D eigenvalue weighted by Gasteiger charge is -2.17. The highest BCUT2D eigenvalue weighted by Gasteiger charge is 2.33. The van der Waals surface area contributed by atoms with Gasteiger partial charge in [0.25, 0.3) is 0 Å². The fourth-order valence-electron chi connectivity index (χ4n) is 2.13. The van der Waals surface area contributed by atoms with Crippen LogP contribution in [0.3, 0.4) is 0 Å². The first-order chi connectivity index (χ1) is 11.7. The minimum atomic E-state index is -4.65. The molecule has 25 heavy (non-hydrogen) atoms. The molecule has 0 heterocycles. The highest BCUT2D eigenvalue weighted by atomic mass is 35.5. The molecule has 1 aromatic carbocycles. The molecule has 0 atom stereocenters. The Morgan fingerprint density at radius 2 is 1.80 bits per heavy atom. The number of nitrogens with zero attached hydrogens (tertiary/aromatic N) is 1. The molecule has 0 aliphatic heterocycles. The lowest BCUT2D eigenvalue weighted by molar-refractivity contribution is -0.137. The predicted molar refractivity (Wildman–Crippen MR) is 90.5 cm³/mol. The van der Waals surface area contributed by atoms with E-state index in [1.165, 1.54) is 6.07 Å². The van der Waals surface area contributed by atoms with Crippen molar-refractivity contribution in [3.05, 3.63) is 28.8 Å². The SMILES string of the molecule is CCN(CC)CCCNC(=O)C(=O)Nc1ccc(Cl)c(C(F)(F)F)c1. The average molecular weight is 380 g/mol. The van der Waals surface area contributed by atoms with E-state index in [1.807, 2.05) is 13.8 Å². The van der Waals surface area contributed by atoms with Crippen molar-refractivity contribution < 1.29 is 22.8 Å². The number of carbonyl (C=O) groups is 2. The van der Waals surface area contributed by atoms with E-state index in [9.17, 15) is 22.8 Å². The average Bonchev–Trinajstić information content (AvgIpc) is 2.55. The summed E-state index contributed by atoms with van der Waals surface area (Å²) < 4.78 is 38.3. The molecule has 0 bridgehead atoms. The maximum atomic E-state index is 12.8. The number of hydrogen-bond acceptors (Lipinski definition) is 3. The quantitative estimate of drug-likeness (QED) is 0.565. The van der Waals surface area contributed by atoms with E-state index >= 15 is 0 Å². The highest BCUT2D eigenvalue weighted by molar-refractivity contribution is 6.39. The third kappa shape index (κ3) is 6.91. The van der Waals surface area contributed by atoms with Gasteiger partial charge >= 0.3 is 18.0 Å². The summed E-state index contributed by atoms with van der Waals surface area (Å²) in [6, 6.07) is 2.90. The van der Waals surface area contributed by atoms with Crippen molar-refractivity contribution in [2.24, 2.45) is 0 Å². The van der Waals surface area contributed by atoms with E-state index in [4.69, 9.17) is 11.6 Å². The van der Waals surface area contributed by atoms with Crippen LogP contribution in [0.15, 0.2) is 18.2 Å². The topological polar surface area (TPSA) is 61.4 Å². The molecule has 140 valence electrons. The van der Waals surface area contributed by atoms with Gasteiger partial charge in [-0.25, -0.2) is 0 Å². The lowest BCUT2D eigenvalue weighted by atomic mass is 10.2. The summed E-state index contributed by atoms with van der Waals surface area (Å²) in [6.07, 6.45) is -3.98. The summed E-state index contributed by atoms with van der Waals surface area (Å²) in [4.78, 5) is 25.6. The third-order valence-electron chi connectivity index (χ3n) is 3.57. The molecule has 2 amide bonds. The number of halogens is 4. The second-order valence-corrected chi connectivity index (χ2v) is 5.69. The van der Waals surface area contributed by atoms with Crippen molar-refractivity contribution in [1.82, 2.24) is 10.2 Å². The van der Waals surface area contributed by atoms with E-state index in [-0.39, 0.29) is 5.69 Å². The van der Waals surface area contributed by atoms with Crippen molar-refractivity contribution >= 4 is 29.1 Å². The Labute approximate surface area is 149 Å². The van der Waals surface area contributed by atoms with Crippen molar-refractivity contribution in [3.63, 3.8) is 0 Å². The Morgan fingerprint density at radius 3 is 2.36 bits per heavy atom. The number of carbonyl (C=O) groups excluding carboxylic acids is 2. The summed E-state index contributed by atoms with van der Waals surface area (Å²) in [7, 11) is 0. The first kappa shape index (κ1) is 21.2. The molecule has 0 aromatic heterocycles. The maximum Gasteiger partial charge on any atom is 0.417 e. The van der Waals surface area contributed by atoms with Crippen LogP contribution in [0.25, 0.3) is 0 Å². The van der Waals surface area contributed by atoms with E-state index in [2.05, 4.69) is 15.5 Å². The Balaban J connectivity index is 2.54. The highest BCUT2D eigenvalue weighted by Crippen LogP contribution is 2.36. The largest absolute Gasteiger partial charge is 0.417 e. The van der Waals surface area contributed by atoms with Gasteiger partial charge in [0.15, 0.2) is 0 Å². The van der Waals surface area contributed by atoms with E-state index in [0.29, 0.717) is 19.0 Å². The zero-order valence-corrected chi connectivity index (χ0v) is 14.8. The molecule has 0 radical (unpaired) electrons. The minimum absolute atomic E-state index is 0.153. The molecule has 0 aliphatic rings. The van der Waals surface area contributed by atoms with Gasteiger partial charge in [-0.3, -0.25) is 9.59 Å². The van der Waals surface area contributed by atoms with Crippen LogP contribution in [-0.2, 0) is 15.8 Å². The summed E-state index contributed by atoms with van der Waals surface area (Å²) in [5.74, 6) is -1.93. The van der Waals surface area contributed by atoms with Crippen LogP contribution in [0.4, 0.5) is 18.9 Å². The molecule has 0 spiro atoms. The zero-order chi connectivity index (χ0) is 19.0. The molecule has 0 aliphatic carbocycles. The van der Waals surface area contributed by atoms with Crippen LogP contribution in [0, 0.1) is 0 Å². The van der Waals surface area contributed by atoms with Gasteiger partial charge in [-0.05, 0) is 44.3 Å². The van der Waals surface area contributed by atoms with Crippen molar-refractivity contribution in [2.45, 2.75) is 26.4 Å². The molecule has 0 saturated heterocycles. The van der Waals surface area contributed by atoms with Gasteiger partial charge in [-0.2, -0.15) is 13.2 Å². The summed E-state index contributed by atoms with van der Waals surface area (Å²) in [5, 5.41) is 4.09. The summed E-state index contributed by atoms with van der Waals surface area (Å²) in [6.45, 7) is 6.91. The summed E-state index contributed by atoms with van der Waals surface area (Å²) in [5.41, 5.74) is -1.23. The number of amides is 2. The molecule has 5 nitrogen and oxygen atoms in total. The van der Waals surface area contributed by atoms with Crippen molar-refractivity contribution in [2.75, 3.05) is 31.5 Å². The second-order valence-electron chi connectivity index (χ2n) is 5.28. The number of benzene rings is 1. The van der Waals surface area contributed by atoms with Crippen LogP contribution in [-0.4, -0.2) is 42.9 Å². The molecule has 9 heteroatoms.